The lowest BCUT2D eigenvalue weighted by atomic mass is 10.2. The second-order valence-electron chi connectivity index (χ2n) is 7.17. The van der Waals surface area contributed by atoms with Gasteiger partial charge in [0.15, 0.2) is 5.65 Å². The minimum absolute atomic E-state index is 0.227. The van der Waals surface area contributed by atoms with Crippen molar-refractivity contribution < 1.29 is 4.79 Å². The van der Waals surface area contributed by atoms with Crippen LogP contribution >= 0.6 is 0 Å². The Hall–Kier alpha value is -3.41. The highest BCUT2D eigenvalue weighted by Gasteiger charge is 2.23. The van der Waals surface area contributed by atoms with E-state index in [1.807, 2.05) is 59.2 Å². The number of hydrogen-bond acceptors (Lipinski definition) is 4. The van der Waals surface area contributed by atoms with Gasteiger partial charge >= 0.3 is 0 Å². The number of para-hydroxylation sites is 2. The lowest BCUT2D eigenvalue weighted by Gasteiger charge is -2.08. The molecule has 29 heavy (non-hydrogen) atoms. The SMILES string of the molecule is CCCCCn1c(N)c(C(=O)NCc2ccccc2)c2nc3ccccc3nc21. The lowest BCUT2D eigenvalue weighted by molar-refractivity contribution is 0.0953. The van der Waals surface area contributed by atoms with Crippen LogP contribution < -0.4 is 11.1 Å². The van der Waals surface area contributed by atoms with Gasteiger partial charge in [-0.3, -0.25) is 4.79 Å². The van der Waals surface area contributed by atoms with Crippen LogP contribution in [0, 0.1) is 0 Å². The Balaban J connectivity index is 1.75. The number of nitrogens with zero attached hydrogens (tertiary/aromatic N) is 3. The van der Waals surface area contributed by atoms with Crippen molar-refractivity contribution in [3.05, 3.63) is 65.7 Å². The molecule has 0 aliphatic heterocycles. The zero-order valence-corrected chi connectivity index (χ0v) is 16.6. The van der Waals surface area contributed by atoms with Gasteiger partial charge in [0, 0.05) is 13.1 Å². The maximum Gasteiger partial charge on any atom is 0.257 e. The van der Waals surface area contributed by atoms with Gasteiger partial charge in [-0.1, -0.05) is 62.2 Å². The number of aryl methyl sites for hydroxylation is 1. The molecule has 148 valence electrons. The molecule has 0 aliphatic rings. The Morgan fingerprint density at radius 1 is 1.00 bits per heavy atom. The molecular weight excluding hydrogens is 362 g/mol. The third-order valence-corrected chi connectivity index (χ3v) is 5.10. The Labute approximate surface area is 169 Å². The van der Waals surface area contributed by atoms with Gasteiger partial charge in [0.25, 0.3) is 5.91 Å². The predicted octanol–water partition coefficient (Wildman–Crippen LogP) is 4.29. The standard InChI is InChI=1S/C23H25N5O/c1-2-3-9-14-28-21(24)19(23(29)25-15-16-10-5-4-6-11-16)20-22(28)27-18-13-8-7-12-17(18)26-20/h4-8,10-13H,2-3,9,14-15,24H2,1H3,(H,25,29). The number of rotatable bonds is 7. The van der Waals surface area contributed by atoms with E-state index in [-0.39, 0.29) is 5.91 Å². The summed E-state index contributed by atoms with van der Waals surface area (Å²) in [5.41, 5.74) is 10.7. The third kappa shape index (κ3) is 3.78. The number of hydrogen-bond donors (Lipinski definition) is 2. The first-order valence-corrected chi connectivity index (χ1v) is 10.1. The maximum atomic E-state index is 13.1. The van der Waals surface area contributed by atoms with Crippen LogP contribution in [-0.4, -0.2) is 20.4 Å². The number of nitrogens with two attached hydrogens (primary N) is 1. The van der Waals surface area contributed by atoms with Gasteiger partial charge in [-0.25, -0.2) is 9.97 Å². The quantitative estimate of drug-likeness (QED) is 0.463. The average Bonchev–Trinajstić information content (AvgIpc) is 3.02. The van der Waals surface area contributed by atoms with Crippen LogP contribution in [0.4, 0.5) is 5.82 Å². The number of benzene rings is 2. The van der Waals surface area contributed by atoms with E-state index in [1.165, 1.54) is 0 Å². The van der Waals surface area contributed by atoms with Crippen molar-refractivity contribution in [2.24, 2.45) is 0 Å². The van der Waals surface area contributed by atoms with Crippen LogP contribution in [0.15, 0.2) is 54.6 Å². The molecular formula is C23H25N5O. The van der Waals surface area contributed by atoms with Gasteiger partial charge in [0.05, 0.1) is 11.0 Å². The fraction of sp³-hybridized carbons (Fsp3) is 0.261. The number of fused-ring (bicyclic) bond motifs is 2. The molecule has 4 rings (SSSR count). The van der Waals surface area contributed by atoms with Gasteiger partial charge in [-0.05, 0) is 24.1 Å². The number of anilines is 1. The number of unbranched alkanes of at least 4 members (excludes halogenated alkanes) is 2. The van der Waals surface area contributed by atoms with E-state index in [0.29, 0.717) is 29.1 Å². The van der Waals surface area contributed by atoms with Crippen LogP contribution in [0.3, 0.4) is 0 Å². The topological polar surface area (TPSA) is 85.8 Å². The normalized spacial score (nSPS) is 11.2. The van der Waals surface area contributed by atoms with Crippen LogP contribution in [0.2, 0.25) is 0 Å². The molecule has 3 N–H and O–H groups in total. The van der Waals surface area contributed by atoms with Crippen LogP contribution in [-0.2, 0) is 13.1 Å². The second-order valence-corrected chi connectivity index (χ2v) is 7.17. The Morgan fingerprint density at radius 3 is 2.41 bits per heavy atom. The molecule has 1 amide bonds. The monoisotopic (exact) mass is 387 g/mol. The largest absolute Gasteiger partial charge is 0.384 e. The highest BCUT2D eigenvalue weighted by atomic mass is 16.1. The molecule has 2 aromatic carbocycles. The highest BCUT2D eigenvalue weighted by Crippen LogP contribution is 2.28. The van der Waals surface area contributed by atoms with E-state index in [4.69, 9.17) is 15.7 Å². The van der Waals surface area contributed by atoms with E-state index in [2.05, 4.69) is 12.2 Å². The Morgan fingerprint density at radius 2 is 1.69 bits per heavy atom. The van der Waals surface area contributed by atoms with Gasteiger partial charge < -0.3 is 15.6 Å². The molecule has 0 saturated heterocycles. The molecule has 2 aromatic heterocycles. The lowest BCUT2D eigenvalue weighted by Crippen LogP contribution is -2.24. The van der Waals surface area contributed by atoms with E-state index in [9.17, 15) is 4.79 Å². The molecule has 0 unspecified atom stereocenters. The van der Waals surface area contributed by atoms with E-state index in [0.717, 1.165) is 42.4 Å². The molecule has 0 atom stereocenters. The molecule has 2 heterocycles. The summed E-state index contributed by atoms with van der Waals surface area (Å²) in [5, 5.41) is 2.98. The Kier molecular flexibility index (Phi) is 5.42. The summed E-state index contributed by atoms with van der Waals surface area (Å²) in [7, 11) is 0. The first-order chi connectivity index (χ1) is 14.2. The molecule has 0 aliphatic carbocycles. The summed E-state index contributed by atoms with van der Waals surface area (Å²) < 4.78 is 1.93. The number of nitrogens with one attached hydrogen (secondary N) is 1. The number of aromatic nitrogens is 3. The van der Waals surface area contributed by atoms with Crippen LogP contribution in [0.25, 0.3) is 22.2 Å². The number of amides is 1. The van der Waals surface area contributed by atoms with Crippen molar-refractivity contribution in [1.82, 2.24) is 19.9 Å². The number of carbonyl (C=O) groups is 1. The molecule has 0 radical (unpaired) electrons. The van der Waals surface area contributed by atoms with Crippen LogP contribution in [0.5, 0.6) is 0 Å². The van der Waals surface area contributed by atoms with Crippen molar-refractivity contribution in [2.45, 2.75) is 39.3 Å². The van der Waals surface area contributed by atoms with E-state index < -0.39 is 0 Å². The minimum Gasteiger partial charge on any atom is -0.384 e. The van der Waals surface area contributed by atoms with E-state index >= 15 is 0 Å². The first-order valence-electron chi connectivity index (χ1n) is 10.1. The molecule has 0 spiro atoms. The van der Waals surface area contributed by atoms with Crippen molar-refractivity contribution in [1.29, 1.82) is 0 Å². The summed E-state index contributed by atoms with van der Waals surface area (Å²) in [6, 6.07) is 17.5. The number of carbonyl (C=O) groups excluding carboxylic acids is 1. The molecule has 0 bridgehead atoms. The van der Waals surface area contributed by atoms with Gasteiger partial charge in [-0.2, -0.15) is 0 Å². The second kappa shape index (κ2) is 8.31. The fourth-order valence-corrected chi connectivity index (χ4v) is 3.55. The summed E-state index contributed by atoms with van der Waals surface area (Å²) in [4.78, 5) is 22.6. The summed E-state index contributed by atoms with van der Waals surface area (Å²) in [6.07, 6.45) is 3.18. The highest BCUT2D eigenvalue weighted by molar-refractivity contribution is 6.10. The third-order valence-electron chi connectivity index (χ3n) is 5.10. The molecule has 0 fully saturated rings. The van der Waals surface area contributed by atoms with Gasteiger partial charge in [0.1, 0.15) is 16.9 Å². The maximum absolute atomic E-state index is 13.1. The molecule has 4 aromatic rings. The Bertz CT molecular complexity index is 1150. The minimum atomic E-state index is -0.227. The summed E-state index contributed by atoms with van der Waals surface area (Å²) >= 11 is 0. The van der Waals surface area contributed by atoms with Crippen LogP contribution in [0.1, 0.15) is 42.1 Å². The van der Waals surface area contributed by atoms with Crippen molar-refractivity contribution >= 4 is 33.9 Å². The predicted molar refractivity (Wildman–Crippen MR) is 117 cm³/mol. The first kappa shape index (κ1) is 18.9. The van der Waals surface area contributed by atoms with Crippen molar-refractivity contribution in [3.63, 3.8) is 0 Å². The van der Waals surface area contributed by atoms with Crippen molar-refractivity contribution in [2.75, 3.05) is 5.73 Å². The zero-order valence-electron chi connectivity index (χ0n) is 16.6. The number of nitrogen functional groups attached to an aromatic ring is 1. The van der Waals surface area contributed by atoms with E-state index in [1.54, 1.807) is 0 Å². The van der Waals surface area contributed by atoms with Gasteiger partial charge in [0.2, 0.25) is 0 Å². The molecule has 6 nitrogen and oxygen atoms in total. The smallest absolute Gasteiger partial charge is 0.257 e. The zero-order chi connectivity index (χ0) is 20.2. The summed E-state index contributed by atoms with van der Waals surface area (Å²) in [5.74, 6) is 0.201. The average molecular weight is 387 g/mol. The van der Waals surface area contributed by atoms with Crippen molar-refractivity contribution in [3.8, 4) is 0 Å². The molecule has 6 heteroatoms. The molecule has 0 saturated carbocycles. The summed E-state index contributed by atoms with van der Waals surface area (Å²) in [6.45, 7) is 3.31. The van der Waals surface area contributed by atoms with Gasteiger partial charge in [-0.15, -0.1) is 0 Å². The fourth-order valence-electron chi connectivity index (χ4n) is 3.55.